The van der Waals surface area contributed by atoms with E-state index in [1.807, 2.05) is 0 Å². The molecule has 0 aliphatic rings. The van der Waals surface area contributed by atoms with Crippen LogP contribution in [0.1, 0.15) is 34.6 Å². The van der Waals surface area contributed by atoms with E-state index in [-0.39, 0.29) is 18.0 Å². The Morgan fingerprint density at radius 1 is 1.27 bits per heavy atom. The number of ketones is 1. The highest BCUT2D eigenvalue weighted by molar-refractivity contribution is 6.12. The fourth-order valence-corrected chi connectivity index (χ4v) is 2.13. The lowest BCUT2D eigenvalue weighted by molar-refractivity contribution is 0.0600. The van der Waals surface area contributed by atoms with Gasteiger partial charge in [0.1, 0.15) is 0 Å². The number of nitrogens with one attached hydrogen (secondary N) is 2. The van der Waals surface area contributed by atoms with Crippen molar-refractivity contribution >= 4 is 34.4 Å². The highest BCUT2D eigenvalue weighted by Crippen LogP contribution is 2.28. The van der Waals surface area contributed by atoms with E-state index in [1.165, 1.54) is 26.3 Å². The quantitative estimate of drug-likeness (QED) is 0.668. The maximum atomic E-state index is 11.8. The highest BCUT2D eigenvalue weighted by atomic mass is 16.5. The molecule has 0 saturated carbocycles. The van der Waals surface area contributed by atoms with Crippen LogP contribution in [-0.2, 0) is 9.47 Å². The zero-order chi connectivity index (χ0) is 16.3. The summed E-state index contributed by atoms with van der Waals surface area (Å²) in [4.78, 5) is 38.0. The number of Topliss-reactive ketones (excluding diaryl/α,β-unsaturated/α-hetero) is 1. The van der Waals surface area contributed by atoms with Gasteiger partial charge in [-0.25, -0.2) is 9.59 Å². The van der Waals surface area contributed by atoms with Gasteiger partial charge < -0.3 is 14.5 Å². The van der Waals surface area contributed by atoms with Crippen LogP contribution in [0.3, 0.4) is 0 Å². The Morgan fingerprint density at radius 2 is 2.00 bits per heavy atom. The van der Waals surface area contributed by atoms with E-state index in [9.17, 15) is 14.4 Å². The predicted octanol–water partition coefficient (Wildman–Crippen LogP) is 2.73. The molecule has 0 aliphatic carbocycles. The van der Waals surface area contributed by atoms with Gasteiger partial charge in [-0.15, -0.1) is 0 Å². The number of fused-ring (bicyclic) bond motifs is 1. The summed E-state index contributed by atoms with van der Waals surface area (Å²) in [7, 11) is 1.26. The van der Waals surface area contributed by atoms with Crippen molar-refractivity contribution < 1.29 is 23.9 Å². The largest absolute Gasteiger partial charge is 0.465 e. The van der Waals surface area contributed by atoms with Gasteiger partial charge in [0, 0.05) is 17.1 Å². The number of carbonyl (C=O) groups is 3. The molecule has 2 N–H and O–H groups in total. The highest BCUT2D eigenvalue weighted by Gasteiger charge is 2.17. The number of aromatic nitrogens is 1. The number of H-pyrrole nitrogens is 1. The second-order valence-corrected chi connectivity index (χ2v) is 4.54. The molecule has 0 unspecified atom stereocenters. The first kappa shape index (κ1) is 15.6. The second kappa shape index (κ2) is 6.30. The first-order valence-electron chi connectivity index (χ1n) is 6.66. The van der Waals surface area contributed by atoms with Gasteiger partial charge in [-0.05, 0) is 26.0 Å². The smallest absolute Gasteiger partial charge is 0.411 e. The maximum Gasteiger partial charge on any atom is 0.411 e. The molecule has 0 spiro atoms. The lowest BCUT2D eigenvalue weighted by Gasteiger charge is -2.09. The minimum Gasteiger partial charge on any atom is -0.465 e. The van der Waals surface area contributed by atoms with Crippen molar-refractivity contribution in [3.63, 3.8) is 0 Å². The molecule has 1 amide bonds. The molecule has 2 aromatic rings. The summed E-state index contributed by atoms with van der Waals surface area (Å²) in [6.45, 7) is 3.32. The minimum atomic E-state index is -0.648. The summed E-state index contributed by atoms with van der Waals surface area (Å²) in [5.74, 6) is -0.722. The van der Waals surface area contributed by atoms with E-state index in [0.717, 1.165) is 0 Å². The summed E-state index contributed by atoms with van der Waals surface area (Å²) < 4.78 is 9.52. The van der Waals surface area contributed by atoms with Gasteiger partial charge in [0.05, 0.1) is 30.5 Å². The average molecular weight is 304 g/mol. The van der Waals surface area contributed by atoms with Crippen LogP contribution >= 0.6 is 0 Å². The van der Waals surface area contributed by atoms with Crippen molar-refractivity contribution in [1.29, 1.82) is 0 Å². The molecule has 1 aromatic heterocycles. The molecule has 0 bridgehead atoms. The Bertz CT molecular complexity index is 748. The van der Waals surface area contributed by atoms with Gasteiger partial charge in [0.2, 0.25) is 0 Å². The van der Waals surface area contributed by atoms with Crippen LogP contribution in [0.15, 0.2) is 18.3 Å². The lowest BCUT2D eigenvalue weighted by atomic mass is 10.1. The second-order valence-electron chi connectivity index (χ2n) is 4.54. The van der Waals surface area contributed by atoms with Crippen molar-refractivity contribution in [3.8, 4) is 0 Å². The van der Waals surface area contributed by atoms with Crippen LogP contribution in [0, 0.1) is 0 Å². The molecule has 0 saturated heterocycles. The molecule has 116 valence electrons. The van der Waals surface area contributed by atoms with Crippen LogP contribution in [-0.4, -0.2) is 36.5 Å². The Hall–Kier alpha value is -2.83. The zero-order valence-corrected chi connectivity index (χ0v) is 12.5. The van der Waals surface area contributed by atoms with Crippen molar-refractivity contribution in [2.75, 3.05) is 19.0 Å². The monoisotopic (exact) mass is 304 g/mol. The summed E-state index contributed by atoms with van der Waals surface area (Å²) in [5.41, 5.74) is 1.52. The van der Waals surface area contributed by atoms with Crippen LogP contribution in [0.4, 0.5) is 10.5 Å². The summed E-state index contributed by atoms with van der Waals surface area (Å²) in [5, 5.41) is 3.08. The number of aromatic amines is 1. The van der Waals surface area contributed by atoms with E-state index in [0.29, 0.717) is 22.2 Å². The Balaban J connectivity index is 2.59. The SMILES string of the molecule is CCOC(=O)Nc1cc(C(=O)OC)cc2c(C(C)=O)c[nH]c12. The zero-order valence-electron chi connectivity index (χ0n) is 12.5. The normalized spacial score (nSPS) is 10.3. The molecule has 1 heterocycles. The van der Waals surface area contributed by atoms with Crippen LogP contribution in [0.5, 0.6) is 0 Å². The summed E-state index contributed by atoms with van der Waals surface area (Å²) in [6.07, 6.45) is 0.884. The molecule has 0 atom stereocenters. The third kappa shape index (κ3) is 2.93. The van der Waals surface area contributed by atoms with Crippen molar-refractivity contribution in [2.45, 2.75) is 13.8 Å². The Morgan fingerprint density at radius 3 is 2.59 bits per heavy atom. The number of methoxy groups -OCH3 is 1. The average Bonchev–Trinajstić information content (AvgIpc) is 2.90. The molecule has 1 aromatic carbocycles. The number of anilines is 1. The van der Waals surface area contributed by atoms with E-state index in [2.05, 4.69) is 10.3 Å². The maximum absolute atomic E-state index is 11.8. The molecule has 2 rings (SSSR count). The van der Waals surface area contributed by atoms with E-state index in [1.54, 1.807) is 13.0 Å². The number of esters is 1. The van der Waals surface area contributed by atoms with Crippen LogP contribution in [0.25, 0.3) is 10.9 Å². The number of ether oxygens (including phenoxy) is 2. The molecule has 22 heavy (non-hydrogen) atoms. The molecular formula is C15H16N2O5. The molecule has 7 nitrogen and oxygen atoms in total. The molecule has 0 aliphatic heterocycles. The molecule has 0 fully saturated rings. The van der Waals surface area contributed by atoms with Crippen LogP contribution in [0.2, 0.25) is 0 Å². The molecule has 7 heteroatoms. The number of hydrogen-bond acceptors (Lipinski definition) is 5. The molecular weight excluding hydrogens is 288 g/mol. The minimum absolute atomic E-state index is 0.157. The first-order chi connectivity index (χ1) is 10.5. The van der Waals surface area contributed by atoms with E-state index >= 15 is 0 Å². The van der Waals surface area contributed by atoms with E-state index in [4.69, 9.17) is 9.47 Å². The number of hydrogen-bond donors (Lipinski definition) is 2. The third-order valence-corrected chi connectivity index (χ3v) is 3.10. The van der Waals surface area contributed by atoms with Gasteiger partial charge in [-0.3, -0.25) is 10.1 Å². The van der Waals surface area contributed by atoms with Crippen molar-refractivity contribution in [3.05, 3.63) is 29.5 Å². The predicted molar refractivity (Wildman–Crippen MR) is 80.3 cm³/mol. The van der Waals surface area contributed by atoms with Gasteiger partial charge in [0.25, 0.3) is 0 Å². The standard InChI is InChI=1S/C15H16N2O5/c1-4-22-15(20)17-12-6-9(14(19)21-3)5-10-11(8(2)18)7-16-13(10)12/h5-7,16H,4H2,1-3H3,(H,17,20). The number of rotatable bonds is 4. The summed E-state index contributed by atoms with van der Waals surface area (Å²) >= 11 is 0. The lowest BCUT2D eigenvalue weighted by Crippen LogP contribution is -2.14. The fraction of sp³-hybridized carbons (Fsp3) is 0.267. The van der Waals surface area contributed by atoms with Crippen LogP contribution < -0.4 is 5.32 Å². The van der Waals surface area contributed by atoms with E-state index < -0.39 is 12.1 Å². The van der Waals surface area contributed by atoms with Gasteiger partial charge >= 0.3 is 12.1 Å². The number of benzene rings is 1. The number of amides is 1. The topological polar surface area (TPSA) is 97.5 Å². The van der Waals surface area contributed by atoms with Crippen molar-refractivity contribution in [1.82, 2.24) is 4.98 Å². The Labute approximate surface area is 126 Å². The first-order valence-corrected chi connectivity index (χ1v) is 6.66. The Kier molecular flexibility index (Phi) is 4.45. The van der Waals surface area contributed by atoms with Crippen molar-refractivity contribution in [2.24, 2.45) is 0 Å². The van der Waals surface area contributed by atoms with Gasteiger partial charge in [0.15, 0.2) is 5.78 Å². The number of carbonyl (C=O) groups excluding carboxylic acids is 3. The van der Waals surface area contributed by atoms with Gasteiger partial charge in [-0.1, -0.05) is 0 Å². The summed E-state index contributed by atoms with van der Waals surface area (Å²) in [6, 6.07) is 3.01. The van der Waals surface area contributed by atoms with Gasteiger partial charge in [-0.2, -0.15) is 0 Å². The fourth-order valence-electron chi connectivity index (χ4n) is 2.13. The molecule has 0 radical (unpaired) electrons. The third-order valence-electron chi connectivity index (χ3n) is 3.10.